The highest BCUT2D eigenvalue weighted by Crippen LogP contribution is 2.38. The van der Waals surface area contributed by atoms with Gasteiger partial charge in [0, 0.05) is 52.7 Å². The van der Waals surface area contributed by atoms with E-state index < -0.39 is 11.8 Å². The summed E-state index contributed by atoms with van der Waals surface area (Å²) in [6.45, 7) is 6.54. The Kier molecular flexibility index (Phi) is 6.07. The fourth-order valence-corrected chi connectivity index (χ4v) is 3.70. The number of nitrogens with zero attached hydrogens (tertiary/aromatic N) is 4. The summed E-state index contributed by atoms with van der Waals surface area (Å²) in [6.07, 6.45) is 8.23. The fraction of sp³-hybridized carbons (Fsp3) is 0.200. The molecule has 0 aliphatic heterocycles. The third kappa shape index (κ3) is 4.01. The highest BCUT2D eigenvalue weighted by atomic mass is 19.1. The van der Waals surface area contributed by atoms with Gasteiger partial charge in [-0.3, -0.25) is 4.98 Å². The average Bonchev–Trinajstić information content (AvgIpc) is 3.20. The normalized spacial score (nSPS) is 11.4. The van der Waals surface area contributed by atoms with Crippen LogP contribution in [0.15, 0.2) is 55.0 Å². The Labute approximate surface area is 185 Å². The number of aryl methyl sites for hydroxylation is 2. The Balaban J connectivity index is 2.11. The molecule has 0 aliphatic carbocycles. The fourth-order valence-electron chi connectivity index (χ4n) is 3.70. The van der Waals surface area contributed by atoms with Crippen molar-refractivity contribution in [3.8, 4) is 22.4 Å². The molecule has 32 heavy (non-hydrogen) atoms. The van der Waals surface area contributed by atoms with Crippen LogP contribution in [-0.2, 0) is 16.1 Å². The van der Waals surface area contributed by atoms with Gasteiger partial charge in [0.05, 0.1) is 18.5 Å². The van der Waals surface area contributed by atoms with E-state index in [2.05, 4.69) is 10.1 Å². The first-order valence-corrected chi connectivity index (χ1v) is 10.4. The molecule has 0 radical (unpaired) electrons. The van der Waals surface area contributed by atoms with Gasteiger partial charge in [-0.15, -0.1) is 0 Å². The molecule has 0 spiro atoms. The van der Waals surface area contributed by atoms with Crippen LogP contribution in [0.25, 0.3) is 39.5 Å². The van der Waals surface area contributed by atoms with Gasteiger partial charge in [0.1, 0.15) is 5.82 Å². The molecular formula is C25H23FN4O2. The number of rotatable bonds is 6. The lowest BCUT2D eigenvalue weighted by Gasteiger charge is -2.15. The minimum absolute atomic E-state index is 0.262. The van der Waals surface area contributed by atoms with Crippen LogP contribution >= 0.6 is 0 Å². The largest absolute Gasteiger partial charge is 0.463 e. The molecule has 0 N–H and O–H groups in total. The first-order valence-electron chi connectivity index (χ1n) is 10.4. The minimum Gasteiger partial charge on any atom is -0.463 e. The summed E-state index contributed by atoms with van der Waals surface area (Å²) in [5.41, 5.74) is 4.57. The van der Waals surface area contributed by atoms with E-state index in [0.29, 0.717) is 29.0 Å². The van der Waals surface area contributed by atoms with E-state index in [1.807, 2.05) is 19.9 Å². The van der Waals surface area contributed by atoms with Gasteiger partial charge in [-0.25, -0.2) is 18.9 Å². The van der Waals surface area contributed by atoms with Crippen LogP contribution < -0.4 is 0 Å². The van der Waals surface area contributed by atoms with Crippen molar-refractivity contribution >= 4 is 23.1 Å². The average molecular weight is 430 g/mol. The first-order chi connectivity index (χ1) is 15.5. The number of carbonyl (C=O) groups excluding carboxylic acids is 1. The molecule has 3 heterocycles. The number of carbonyl (C=O) groups is 1. The number of pyridine rings is 2. The Morgan fingerprint density at radius 2 is 2.00 bits per heavy atom. The molecule has 0 unspecified atom stereocenters. The number of halogens is 1. The van der Waals surface area contributed by atoms with E-state index in [1.165, 1.54) is 12.1 Å². The minimum atomic E-state index is -0.482. The van der Waals surface area contributed by atoms with Crippen molar-refractivity contribution in [3.05, 3.63) is 71.9 Å². The molecule has 3 aromatic heterocycles. The van der Waals surface area contributed by atoms with Crippen LogP contribution in [0.5, 0.6) is 0 Å². The van der Waals surface area contributed by atoms with Crippen LogP contribution in [-0.4, -0.2) is 32.3 Å². The maximum absolute atomic E-state index is 14.9. The SMILES string of the molecule is CCOC(=O)C=Cc1c(-c2ccccc2F)nc2c(cnn2CC)c1-c1cncc(C)c1. The standard InChI is InChI=1S/C25H23FN4O2/c1-4-30-25-20(15-28-30)23(17-12-16(3)13-27-14-17)19(10-11-22(31)32-5-2)24(29-25)18-8-6-7-9-21(18)26/h6-15H,4-5H2,1-3H3. The third-order valence-electron chi connectivity index (χ3n) is 5.09. The summed E-state index contributed by atoms with van der Waals surface area (Å²) in [5.74, 6) is -0.884. The van der Waals surface area contributed by atoms with Crippen molar-refractivity contribution < 1.29 is 13.9 Å². The van der Waals surface area contributed by atoms with Crippen molar-refractivity contribution in [2.45, 2.75) is 27.3 Å². The Morgan fingerprint density at radius 1 is 1.19 bits per heavy atom. The summed E-state index contributed by atoms with van der Waals surface area (Å²) >= 11 is 0. The van der Waals surface area contributed by atoms with E-state index in [9.17, 15) is 9.18 Å². The van der Waals surface area contributed by atoms with Crippen LogP contribution in [0.1, 0.15) is 25.0 Å². The summed E-state index contributed by atoms with van der Waals surface area (Å²) in [5, 5.41) is 5.26. The van der Waals surface area contributed by atoms with Crippen molar-refractivity contribution in [3.63, 3.8) is 0 Å². The van der Waals surface area contributed by atoms with Gasteiger partial charge in [-0.2, -0.15) is 5.10 Å². The predicted molar refractivity (Wildman–Crippen MR) is 122 cm³/mol. The van der Waals surface area contributed by atoms with Crippen LogP contribution in [0, 0.1) is 12.7 Å². The highest BCUT2D eigenvalue weighted by Gasteiger charge is 2.21. The lowest BCUT2D eigenvalue weighted by molar-refractivity contribution is -0.137. The van der Waals surface area contributed by atoms with E-state index in [0.717, 1.165) is 22.1 Å². The molecule has 162 valence electrons. The van der Waals surface area contributed by atoms with Crippen molar-refractivity contribution in [2.75, 3.05) is 6.61 Å². The maximum atomic E-state index is 14.9. The number of hydrogen-bond acceptors (Lipinski definition) is 5. The second-order valence-corrected chi connectivity index (χ2v) is 7.26. The molecule has 4 aromatic rings. The lowest BCUT2D eigenvalue weighted by atomic mass is 9.93. The van der Waals surface area contributed by atoms with Gasteiger partial charge >= 0.3 is 5.97 Å². The van der Waals surface area contributed by atoms with E-state index >= 15 is 0 Å². The van der Waals surface area contributed by atoms with Gasteiger partial charge in [-0.05, 0) is 50.6 Å². The zero-order valence-electron chi connectivity index (χ0n) is 18.2. The van der Waals surface area contributed by atoms with Crippen molar-refractivity contribution in [2.24, 2.45) is 0 Å². The third-order valence-corrected chi connectivity index (χ3v) is 5.09. The smallest absolute Gasteiger partial charge is 0.330 e. The Hall–Kier alpha value is -3.87. The molecule has 4 rings (SSSR count). The van der Waals surface area contributed by atoms with E-state index in [1.54, 1.807) is 54.5 Å². The zero-order chi connectivity index (χ0) is 22.7. The van der Waals surface area contributed by atoms with Crippen molar-refractivity contribution in [1.29, 1.82) is 0 Å². The van der Waals surface area contributed by atoms with E-state index in [-0.39, 0.29) is 6.61 Å². The van der Waals surface area contributed by atoms with Crippen molar-refractivity contribution in [1.82, 2.24) is 19.7 Å². The second-order valence-electron chi connectivity index (χ2n) is 7.26. The quantitative estimate of drug-likeness (QED) is 0.310. The molecular weight excluding hydrogens is 407 g/mol. The first kappa shape index (κ1) is 21.4. The topological polar surface area (TPSA) is 69.9 Å². The molecule has 6 nitrogen and oxygen atoms in total. The molecule has 0 aliphatic rings. The summed E-state index contributed by atoms with van der Waals surface area (Å²) in [7, 11) is 0. The zero-order valence-corrected chi connectivity index (χ0v) is 18.2. The summed E-state index contributed by atoms with van der Waals surface area (Å²) in [6, 6.07) is 8.46. The molecule has 0 amide bonds. The molecule has 0 saturated carbocycles. The summed E-state index contributed by atoms with van der Waals surface area (Å²) in [4.78, 5) is 21.3. The number of aromatic nitrogens is 4. The Morgan fingerprint density at radius 3 is 2.72 bits per heavy atom. The van der Waals surface area contributed by atoms with Gasteiger partial charge in [-0.1, -0.05) is 12.1 Å². The lowest BCUT2D eigenvalue weighted by Crippen LogP contribution is -2.03. The number of esters is 1. The van der Waals surface area contributed by atoms with Crippen LogP contribution in [0.2, 0.25) is 0 Å². The molecule has 7 heteroatoms. The van der Waals surface area contributed by atoms with E-state index in [4.69, 9.17) is 9.72 Å². The number of benzene rings is 1. The predicted octanol–water partition coefficient (Wildman–Crippen LogP) is 5.20. The molecule has 0 atom stereocenters. The van der Waals surface area contributed by atoms with Gasteiger partial charge in [0.25, 0.3) is 0 Å². The molecule has 1 aromatic carbocycles. The monoisotopic (exact) mass is 430 g/mol. The van der Waals surface area contributed by atoms with Crippen LogP contribution in [0.4, 0.5) is 4.39 Å². The molecule has 0 saturated heterocycles. The van der Waals surface area contributed by atoms with Crippen LogP contribution in [0.3, 0.4) is 0 Å². The number of hydrogen-bond donors (Lipinski definition) is 0. The Bertz CT molecular complexity index is 1330. The highest BCUT2D eigenvalue weighted by molar-refractivity contribution is 6.02. The number of fused-ring (bicyclic) bond motifs is 1. The molecule has 0 bridgehead atoms. The second kappa shape index (κ2) is 9.09. The summed E-state index contributed by atoms with van der Waals surface area (Å²) < 4.78 is 21.7. The van der Waals surface area contributed by atoms with Gasteiger partial charge < -0.3 is 4.74 Å². The maximum Gasteiger partial charge on any atom is 0.330 e. The van der Waals surface area contributed by atoms with Gasteiger partial charge in [0.2, 0.25) is 0 Å². The molecule has 0 fully saturated rings. The number of ether oxygens (including phenoxy) is 1. The van der Waals surface area contributed by atoms with Gasteiger partial charge in [0.15, 0.2) is 5.65 Å².